The van der Waals surface area contributed by atoms with Crippen LogP contribution in [0.3, 0.4) is 0 Å². The Morgan fingerprint density at radius 3 is 1.46 bits per heavy atom. The molecule has 0 saturated heterocycles. The molecular weight excluding hydrogens is 711 g/mol. The fraction of sp³-hybridized carbons (Fsp3) is 0.458. The Bertz CT molecular complexity index is 1860. The molecule has 304 valence electrons. The number of ether oxygens (including phenoxy) is 3. The summed E-state index contributed by atoms with van der Waals surface area (Å²) in [6.07, 6.45) is 6.41. The molecule has 2 saturated carbocycles. The van der Waals surface area contributed by atoms with Crippen LogP contribution in [0.4, 0.5) is 0 Å². The standard InChI is InChI=1S/C25H32O3.C23H28O3.Li.2H2O/c1-5-27-25(26)23(13-17(2)3)21-11-12-24(28-16-19-9-10-19)22(15-21)20-8-6-7-18(4)14-20;1-15(2)11-21(23(24)25)19-9-10-22(26-14-17-7-8-17)20(13-19)18-6-4-5-16(3)12-18;;;/h6-8,11-12,14-15,17,19,23H,5,9-10,13,16H2,1-4H3;4-6,9-10,12-13,15,17,21H,7-8,11,14H2,1-3H3,(H,24,25);;2*1H2/q;;+1;;/p-1. The molecule has 0 amide bonds. The molecule has 4 N–H and O–H groups in total. The summed E-state index contributed by atoms with van der Waals surface area (Å²) in [5.74, 6) is 2.20. The summed E-state index contributed by atoms with van der Waals surface area (Å²) in [6.45, 7) is 16.3. The predicted molar refractivity (Wildman–Crippen MR) is 224 cm³/mol. The van der Waals surface area contributed by atoms with Crippen molar-refractivity contribution in [3.05, 3.63) is 107 Å². The van der Waals surface area contributed by atoms with Crippen LogP contribution in [0.2, 0.25) is 0 Å². The van der Waals surface area contributed by atoms with Crippen LogP contribution in [-0.2, 0) is 14.3 Å². The third-order valence-corrected chi connectivity index (χ3v) is 10.1. The third kappa shape index (κ3) is 15.0. The summed E-state index contributed by atoms with van der Waals surface area (Å²) >= 11 is 0. The number of carboxylic acid groups (broad SMARTS) is 1. The van der Waals surface area contributed by atoms with Gasteiger partial charge in [-0.3, -0.25) is 9.59 Å². The van der Waals surface area contributed by atoms with Gasteiger partial charge in [-0.15, -0.1) is 0 Å². The number of rotatable bonds is 17. The van der Waals surface area contributed by atoms with E-state index in [1.807, 2.05) is 43.3 Å². The molecule has 0 aliphatic heterocycles. The number of hydrogen-bond acceptors (Lipinski definition) is 6. The minimum absolute atomic E-state index is 0. The van der Waals surface area contributed by atoms with Crippen LogP contribution >= 0.6 is 0 Å². The average molecular weight is 775 g/mol. The van der Waals surface area contributed by atoms with E-state index >= 15 is 0 Å². The molecule has 9 heteroatoms. The summed E-state index contributed by atoms with van der Waals surface area (Å²) in [7, 11) is 0. The van der Waals surface area contributed by atoms with Crippen LogP contribution in [0.5, 0.6) is 11.5 Å². The Hall–Kier alpha value is -4.06. The van der Waals surface area contributed by atoms with Gasteiger partial charge in [0.05, 0.1) is 31.7 Å². The van der Waals surface area contributed by atoms with Crippen LogP contribution in [0.1, 0.15) is 107 Å². The zero-order valence-corrected chi connectivity index (χ0v) is 35.3. The topological polar surface area (TPSA) is 144 Å². The summed E-state index contributed by atoms with van der Waals surface area (Å²) < 4.78 is 17.6. The molecular formula is C48H63LiO8. The van der Waals surface area contributed by atoms with E-state index in [-0.39, 0.29) is 41.7 Å². The van der Waals surface area contributed by atoms with E-state index in [0.717, 1.165) is 64.5 Å². The molecule has 8 nitrogen and oxygen atoms in total. The van der Waals surface area contributed by atoms with E-state index in [0.29, 0.717) is 36.7 Å². The number of esters is 1. The van der Waals surface area contributed by atoms with Crippen LogP contribution in [0.25, 0.3) is 22.3 Å². The molecule has 6 rings (SSSR count). The van der Waals surface area contributed by atoms with Crippen LogP contribution in [0, 0.1) is 37.5 Å². The van der Waals surface area contributed by atoms with E-state index in [1.54, 1.807) is 0 Å². The molecule has 0 spiro atoms. The number of carboxylic acids is 1. The van der Waals surface area contributed by atoms with Gasteiger partial charge in [0.15, 0.2) is 0 Å². The summed E-state index contributed by atoms with van der Waals surface area (Å²) in [4.78, 5) is 24.5. The normalized spacial score (nSPS) is 14.1. The number of carbonyl (C=O) groups excluding carboxylic acids is 1. The van der Waals surface area contributed by atoms with Gasteiger partial charge in [-0.05, 0) is 129 Å². The average Bonchev–Trinajstić information content (AvgIpc) is 4.08. The van der Waals surface area contributed by atoms with Crippen LogP contribution in [-0.4, -0.2) is 47.8 Å². The zero-order valence-electron chi connectivity index (χ0n) is 35.3. The van der Waals surface area contributed by atoms with E-state index in [4.69, 9.17) is 14.2 Å². The van der Waals surface area contributed by atoms with Gasteiger partial charge < -0.3 is 30.3 Å². The minimum Gasteiger partial charge on any atom is -0.870 e. The number of carbonyl (C=O) groups is 2. The number of aliphatic carboxylic acids is 1. The smallest absolute Gasteiger partial charge is 0.870 e. The molecule has 4 aromatic carbocycles. The van der Waals surface area contributed by atoms with Crippen molar-refractivity contribution in [3.63, 3.8) is 0 Å². The first-order valence-corrected chi connectivity index (χ1v) is 20.0. The molecule has 2 atom stereocenters. The zero-order chi connectivity index (χ0) is 38.8. The van der Waals surface area contributed by atoms with Crippen LogP contribution < -0.4 is 28.3 Å². The maximum atomic E-state index is 12.6. The molecule has 0 aromatic heterocycles. The second kappa shape index (κ2) is 23.4. The van der Waals surface area contributed by atoms with Crippen molar-refractivity contribution >= 4 is 11.9 Å². The first-order chi connectivity index (χ1) is 25.9. The van der Waals surface area contributed by atoms with Crippen molar-refractivity contribution in [1.29, 1.82) is 0 Å². The maximum Gasteiger partial charge on any atom is 1.00 e. The van der Waals surface area contributed by atoms with Crippen molar-refractivity contribution in [2.75, 3.05) is 19.8 Å². The second-order valence-electron chi connectivity index (χ2n) is 16.2. The van der Waals surface area contributed by atoms with Gasteiger partial charge in [0, 0.05) is 11.1 Å². The quantitative estimate of drug-likeness (QED) is 0.0852. The Kier molecular flexibility index (Phi) is 20.1. The summed E-state index contributed by atoms with van der Waals surface area (Å²) in [6, 6.07) is 28.8. The number of benzene rings is 4. The van der Waals surface area contributed by atoms with Crippen molar-refractivity contribution in [3.8, 4) is 33.8 Å². The molecule has 2 unspecified atom stereocenters. The van der Waals surface area contributed by atoms with Crippen molar-refractivity contribution < 1.29 is 58.7 Å². The number of aryl methyl sites for hydroxylation is 2. The van der Waals surface area contributed by atoms with Crippen molar-refractivity contribution in [1.82, 2.24) is 0 Å². The minimum atomic E-state index is -0.763. The fourth-order valence-corrected chi connectivity index (χ4v) is 6.77. The summed E-state index contributed by atoms with van der Waals surface area (Å²) in [5.41, 5.74) is 8.48. The fourth-order valence-electron chi connectivity index (χ4n) is 6.77. The van der Waals surface area contributed by atoms with Crippen LogP contribution in [0.15, 0.2) is 84.9 Å². The van der Waals surface area contributed by atoms with Gasteiger partial charge in [-0.25, -0.2) is 0 Å². The SMILES string of the molecule is CCOC(=O)C(CC(C)C)c1ccc(OCC2CC2)c(-c2cccc(C)c2)c1.Cc1cccc(-c2cc(C(CC(C)C)C(=O)O)ccc2OCC2CC2)c1.O.[Li+].[OH-]. The van der Waals surface area contributed by atoms with Gasteiger partial charge >= 0.3 is 30.8 Å². The summed E-state index contributed by atoms with van der Waals surface area (Å²) in [5, 5.41) is 9.70. The third-order valence-electron chi connectivity index (χ3n) is 10.1. The van der Waals surface area contributed by atoms with E-state index < -0.39 is 11.9 Å². The Balaban J connectivity index is 0.000000375. The Morgan fingerprint density at radius 1 is 0.667 bits per heavy atom. The Morgan fingerprint density at radius 2 is 1.09 bits per heavy atom. The molecule has 0 heterocycles. The first-order valence-electron chi connectivity index (χ1n) is 20.0. The monoisotopic (exact) mass is 774 g/mol. The molecule has 2 aliphatic rings. The molecule has 0 radical (unpaired) electrons. The molecule has 57 heavy (non-hydrogen) atoms. The van der Waals surface area contributed by atoms with E-state index in [1.165, 1.54) is 36.8 Å². The molecule has 4 aromatic rings. The van der Waals surface area contributed by atoms with Gasteiger partial charge in [0.2, 0.25) is 0 Å². The maximum absolute atomic E-state index is 12.6. The van der Waals surface area contributed by atoms with E-state index in [9.17, 15) is 14.7 Å². The molecule has 2 fully saturated rings. The second-order valence-corrected chi connectivity index (χ2v) is 16.2. The molecule has 2 aliphatic carbocycles. The van der Waals surface area contributed by atoms with Gasteiger partial charge in [-0.1, -0.05) is 99.5 Å². The van der Waals surface area contributed by atoms with E-state index in [2.05, 4.69) is 90.1 Å². The van der Waals surface area contributed by atoms with Crippen molar-refractivity contribution in [2.24, 2.45) is 23.7 Å². The largest absolute Gasteiger partial charge is 1.00 e. The van der Waals surface area contributed by atoms with Gasteiger partial charge in [0.25, 0.3) is 0 Å². The molecule has 0 bridgehead atoms. The Labute approximate surface area is 352 Å². The first kappa shape index (κ1) is 49.1. The van der Waals surface area contributed by atoms with Gasteiger partial charge in [0.1, 0.15) is 11.5 Å². The van der Waals surface area contributed by atoms with Crippen molar-refractivity contribution in [2.45, 2.75) is 98.8 Å². The van der Waals surface area contributed by atoms with Gasteiger partial charge in [-0.2, -0.15) is 0 Å². The predicted octanol–water partition coefficient (Wildman–Crippen LogP) is 7.81. The number of hydrogen-bond donors (Lipinski definition) is 1.